The van der Waals surface area contributed by atoms with Gasteiger partial charge in [0.1, 0.15) is 5.82 Å². The number of unbranched alkanes of at least 4 members (excludes halogenated alkanes) is 3. The van der Waals surface area contributed by atoms with Gasteiger partial charge in [-0.2, -0.15) is 0 Å². The van der Waals surface area contributed by atoms with Gasteiger partial charge in [-0.15, -0.1) is 0 Å². The Morgan fingerprint density at radius 2 is 1.85 bits per heavy atom. The molecule has 1 heterocycles. The third kappa shape index (κ3) is 7.82. The first-order chi connectivity index (χ1) is 15.9. The fourth-order valence-corrected chi connectivity index (χ4v) is 4.24. The zero-order chi connectivity index (χ0) is 23.6. The molecule has 0 bridgehead atoms. The number of aliphatic carboxylic acids is 1. The van der Waals surface area contributed by atoms with E-state index in [4.69, 9.17) is 5.11 Å². The molecule has 2 aromatic carbocycles. The number of carbonyl (C=O) groups excluding carboxylic acids is 1. The van der Waals surface area contributed by atoms with E-state index in [1.807, 2.05) is 35.2 Å². The lowest BCUT2D eigenvalue weighted by Crippen LogP contribution is -2.32. The second-order valence-electron chi connectivity index (χ2n) is 8.61. The van der Waals surface area contributed by atoms with Gasteiger partial charge in [-0.3, -0.25) is 9.59 Å². The normalized spacial score (nSPS) is 17.1. The summed E-state index contributed by atoms with van der Waals surface area (Å²) in [5.41, 5.74) is 2.88. The molecule has 1 aliphatic rings. The molecular weight excluding hydrogens is 421 g/mol. The van der Waals surface area contributed by atoms with Gasteiger partial charge in [0, 0.05) is 25.8 Å². The van der Waals surface area contributed by atoms with E-state index in [0.717, 1.165) is 42.4 Å². The van der Waals surface area contributed by atoms with Gasteiger partial charge in [0.25, 0.3) is 0 Å². The molecule has 1 amide bonds. The van der Waals surface area contributed by atoms with Crippen LogP contribution in [0.2, 0.25) is 0 Å². The first-order valence-corrected chi connectivity index (χ1v) is 11.6. The van der Waals surface area contributed by atoms with Crippen LogP contribution in [-0.4, -0.2) is 45.7 Å². The molecular formula is C27H32FNO4. The standard InChI is InChI=1S/C27H32FNO4/c28-23-11-9-21(10-12-23)22-7-5-6-20(18-22)19-25(30)15-13-24-14-16-26(31)29(24)17-4-2-1-3-8-27(32)33/h5-7,9-13,15,18,24-25,30H,1-4,8,14,16-17,19H2,(H,32,33)/b15-13+/t24-,25+/m0/s1. The van der Waals surface area contributed by atoms with E-state index in [2.05, 4.69) is 0 Å². The van der Waals surface area contributed by atoms with Crippen LogP contribution in [0.15, 0.2) is 60.7 Å². The van der Waals surface area contributed by atoms with Crippen molar-refractivity contribution in [2.45, 2.75) is 63.5 Å². The molecule has 0 aliphatic carbocycles. The zero-order valence-electron chi connectivity index (χ0n) is 18.8. The molecule has 0 aromatic heterocycles. The van der Waals surface area contributed by atoms with Crippen molar-refractivity contribution >= 4 is 11.9 Å². The van der Waals surface area contributed by atoms with E-state index in [9.17, 15) is 19.1 Å². The first-order valence-electron chi connectivity index (χ1n) is 11.6. The fourth-order valence-electron chi connectivity index (χ4n) is 4.24. The maximum atomic E-state index is 13.2. The Hall–Kier alpha value is -2.99. The van der Waals surface area contributed by atoms with E-state index >= 15 is 0 Å². The molecule has 1 fully saturated rings. The molecule has 2 N–H and O–H groups in total. The number of hydrogen-bond acceptors (Lipinski definition) is 3. The van der Waals surface area contributed by atoms with Crippen LogP contribution in [0.1, 0.15) is 50.5 Å². The predicted molar refractivity (Wildman–Crippen MR) is 126 cm³/mol. The summed E-state index contributed by atoms with van der Waals surface area (Å²) in [6.07, 6.45) is 8.24. The van der Waals surface area contributed by atoms with Gasteiger partial charge in [0.05, 0.1) is 12.1 Å². The van der Waals surface area contributed by atoms with Crippen molar-refractivity contribution in [3.63, 3.8) is 0 Å². The van der Waals surface area contributed by atoms with Crippen molar-refractivity contribution in [1.29, 1.82) is 0 Å². The molecule has 5 nitrogen and oxygen atoms in total. The lowest BCUT2D eigenvalue weighted by atomic mass is 10.00. The van der Waals surface area contributed by atoms with Gasteiger partial charge in [-0.05, 0) is 48.1 Å². The highest BCUT2D eigenvalue weighted by atomic mass is 19.1. The Morgan fingerprint density at radius 1 is 1.09 bits per heavy atom. The lowest BCUT2D eigenvalue weighted by molar-refractivity contribution is -0.137. The number of carboxylic acid groups (broad SMARTS) is 1. The number of nitrogens with zero attached hydrogens (tertiary/aromatic N) is 1. The molecule has 2 atom stereocenters. The van der Waals surface area contributed by atoms with Crippen molar-refractivity contribution in [3.8, 4) is 11.1 Å². The Labute approximate surface area is 194 Å². The summed E-state index contributed by atoms with van der Waals surface area (Å²) >= 11 is 0. The zero-order valence-corrected chi connectivity index (χ0v) is 18.8. The van der Waals surface area contributed by atoms with Crippen molar-refractivity contribution in [1.82, 2.24) is 4.90 Å². The smallest absolute Gasteiger partial charge is 0.303 e. The Balaban J connectivity index is 1.50. The average Bonchev–Trinajstić information content (AvgIpc) is 3.14. The second-order valence-corrected chi connectivity index (χ2v) is 8.61. The number of aliphatic hydroxyl groups excluding tert-OH is 1. The fraction of sp³-hybridized carbons (Fsp3) is 0.407. The molecule has 0 unspecified atom stereocenters. The minimum absolute atomic E-state index is 0.00304. The van der Waals surface area contributed by atoms with Gasteiger partial charge < -0.3 is 15.1 Å². The van der Waals surface area contributed by atoms with E-state index in [0.29, 0.717) is 25.8 Å². The summed E-state index contributed by atoms with van der Waals surface area (Å²) in [7, 11) is 0. The third-order valence-corrected chi connectivity index (χ3v) is 6.02. The van der Waals surface area contributed by atoms with E-state index in [1.54, 1.807) is 18.2 Å². The number of benzene rings is 2. The summed E-state index contributed by atoms with van der Waals surface area (Å²) in [6, 6.07) is 14.2. The van der Waals surface area contributed by atoms with E-state index in [-0.39, 0.29) is 24.2 Å². The molecule has 0 saturated carbocycles. The highest BCUT2D eigenvalue weighted by Gasteiger charge is 2.28. The van der Waals surface area contributed by atoms with Crippen LogP contribution in [-0.2, 0) is 16.0 Å². The number of likely N-dealkylation sites (tertiary alicyclic amines) is 1. The maximum Gasteiger partial charge on any atom is 0.303 e. The summed E-state index contributed by atoms with van der Waals surface area (Å²) in [6.45, 7) is 0.663. The molecule has 33 heavy (non-hydrogen) atoms. The van der Waals surface area contributed by atoms with Crippen molar-refractivity contribution in [2.75, 3.05) is 6.54 Å². The SMILES string of the molecule is O=C(O)CCCCCCN1C(=O)CC[C@@H]1/C=C/[C@@H](O)Cc1cccc(-c2ccc(F)cc2)c1. The monoisotopic (exact) mass is 453 g/mol. The van der Waals surface area contributed by atoms with Gasteiger partial charge >= 0.3 is 5.97 Å². The summed E-state index contributed by atoms with van der Waals surface area (Å²) in [5, 5.41) is 19.2. The minimum Gasteiger partial charge on any atom is -0.481 e. The van der Waals surface area contributed by atoms with Crippen LogP contribution < -0.4 is 0 Å². The predicted octanol–water partition coefficient (Wildman–Crippen LogP) is 4.98. The molecule has 1 saturated heterocycles. The lowest BCUT2D eigenvalue weighted by Gasteiger charge is -2.22. The Kier molecular flexibility index (Phi) is 9.19. The maximum absolute atomic E-state index is 13.2. The Morgan fingerprint density at radius 3 is 2.61 bits per heavy atom. The molecule has 176 valence electrons. The topological polar surface area (TPSA) is 77.8 Å². The van der Waals surface area contributed by atoms with Gasteiger partial charge in [0.2, 0.25) is 5.91 Å². The first kappa shape index (κ1) is 24.6. The van der Waals surface area contributed by atoms with Gasteiger partial charge in [0.15, 0.2) is 0 Å². The highest BCUT2D eigenvalue weighted by molar-refractivity contribution is 5.79. The molecule has 1 aliphatic heterocycles. The number of hydrogen-bond donors (Lipinski definition) is 2. The average molecular weight is 454 g/mol. The quantitative estimate of drug-likeness (QED) is 0.351. The van der Waals surface area contributed by atoms with Crippen molar-refractivity contribution in [3.05, 3.63) is 72.1 Å². The molecule has 0 spiro atoms. The number of rotatable bonds is 12. The van der Waals surface area contributed by atoms with Gasteiger partial charge in [-0.1, -0.05) is 61.4 Å². The molecule has 0 radical (unpaired) electrons. The van der Waals surface area contributed by atoms with Gasteiger partial charge in [-0.25, -0.2) is 4.39 Å². The largest absolute Gasteiger partial charge is 0.481 e. The number of carboxylic acids is 1. The van der Waals surface area contributed by atoms with Crippen LogP contribution in [0.3, 0.4) is 0 Å². The minimum atomic E-state index is -0.768. The Bertz CT molecular complexity index is 957. The second kappa shape index (κ2) is 12.3. The van der Waals surface area contributed by atoms with E-state index in [1.165, 1.54) is 12.1 Å². The third-order valence-electron chi connectivity index (χ3n) is 6.02. The number of carbonyl (C=O) groups is 2. The van der Waals surface area contributed by atoms with Crippen LogP contribution >= 0.6 is 0 Å². The summed E-state index contributed by atoms with van der Waals surface area (Å²) in [4.78, 5) is 24.7. The number of halogens is 1. The van der Waals surface area contributed by atoms with E-state index < -0.39 is 12.1 Å². The molecule has 3 rings (SSSR count). The highest BCUT2D eigenvalue weighted by Crippen LogP contribution is 2.23. The number of aliphatic hydroxyl groups is 1. The van der Waals surface area contributed by atoms with Crippen LogP contribution in [0.5, 0.6) is 0 Å². The van der Waals surface area contributed by atoms with Crippen LogP contribution in [0, 0.1) is 5.82 Å². The van der Waals surface area contributed by atoms with Crippen molar-refractivity contribution < 1.29 is 24.2 Å². The molecule has 2 aromatic rings. The summed E-state index contributed by atoms with van der Waals surface area (Å²) < 4.78 is 13.2. The molecule has 6 heteroatoms. The van der Waals surface area contributed by atoms with Crippen LogP contribution in [0.4, 0.5) is 4.39 Å². The summed E-state index contributed by atoms with van der Waals surface area (Å²) in [5.74, 6) is -0.902. The van der Waals surface area contributed by atoms with Crippen LogP contribution in [0.25, 0.3) is 11.1 Å². The number of amides is 1. The van der Waals surface area contributed by atoms with Crippen molar-refractivity contribution in [2.24, 2.45) is 0 Å².